The molecule has 0 spiro atoms. The highest BCUT2D eigenvalue weighted by Gasteiger charge is 2.53. The van der Waals surface area contributed by atoms with E-state index in [1.165, 1.54) is 29.9 Å². The summed E-state index contributed by atoms with van der Waals surface area (Å²) in [5.74, 6) is 0.869. The summed E-state index contributed by atoms with van der Waals surface area (Å²) in [6, 6.07) is 12.9. The number of phenolic OH excluding ortho intramolecular Hbond substituents is 2. The average molecular weight is 450 g/mol. The molecule has 1 aliphatic carbocycles. The number of benzene rings is 2. The molecule has 1 saturated carbocycles. The first-order valence-corrected chi connectivity index (χ1v) is 11.3. The van der Waals surface area contributed by atoms with E-state index in [9.17, 15) is 20.3 Å². The number of phenols is 2. The van der Waals surface area contributed by atoms with Crippen molar-refractivity contribution in [2.24, 2.45) is 10.9 Å². The Bertz CT molecular complexity index is 1090. The SMILES string of the molecule is O=C1N2C=C(c3ccc(O)cc3)NC(CC3CCCC3)C2=N[C@@]1(Cc1ccc(O)cc1)OO. The molecule has 2 heterocycles. The van der Waals surface area contributed by atoms with Gasteiger partial charge in [-0.15, -0.1) is 0 Å². The zero-order valence-electron chi connectivity index (χ0n) is 18.1. The van der Waals surface area contributed by atoms with Crippen LogP contribution in [-0.2, 0) is 16.1 Å². The maximum atomic E-state index is 13.5. The molecule has 1 fully saturated rings. The molecule has 3 aliphatic rings. The molecule has 1 unspecified atom stereocenters. The third kappa shape index (κ3) is 4.07. The van der Waals surface area contributed by atoms with Gasteiger partial charge in [0, 0.05) is 12.6 Å². The van der Waals surface area contributed by atoms with Gasteiger partial charge in [-0.25, -0.2) is 10.2 Å². The van der Waals surface area contributed by atoms with Gasteiger partial charge in [-0.05, 0) is 59.9 Å². The van der Waals surface area contributed by atoms with E-state index in [-0.39, 0.29) is 24.0 Å². The van der Waals surface area contributed by atoms with Gasteiger partial charge in [0.25, 0.3) is 11.6 Å². The summed E-state index contributed by atoms with van der Waals surface area (Å²) >= 11 is 0. The number of hydrogen-bond acceptors (Lipinski definition) is 7. The van der Waals surface area contributed by atoms with Crippen LogP contribution in [-0.4, -0.2) is 43.9 Å². The normalized spacial score (nSPS) is 24.9. The molecule has 0 bridgehead atoms. The highest BCUT2D eigenvalue weighted by molar-refractivity contribution is 6.12. The number of amides is 1. The van der Waals surface area contributed by atoms with E-state index in [1.807, 2.05) is 0 Å². The van der Waals surface area contributed by atoms with Crippen LogP contribution in [0.5, 0.6) is 11.5 Å². The fraction of sp³-hybridized carbons (Fsp3) is 0.360. The van der Waals surface area contributed by atoms with Crippen molar-refractivity contribution in [1.82, 2.24) is 10.2 Å². The number of hydrogen-bond donors (Lipinski definition) is 4. The Morgan fingerprint density at radius 2 is 1.67 bits per heavy atom. The lowest BCUT2D eigenvalue weighted by molar-refractivity contribution is -0.308. The lowest BCUT2D eigenvalue weighted by atomic mass is 9.95. The van der Waals surface area contributed by atoms with Crippen LogP contribution in [0.1, 0.15) is 43.2 Å². The van der Waals surface area contributed by atoms with Gasteiger partial charge >= 0.3 is 0 Å². The molecule has 2 atom stereocenters. The van der Waals surface area contributed by atoms with Gasteiger partial charge in [-0.2, -0.15) is 4.89 Å². The lowest BCUT2D eigenvalue weighted by Gasteiger charge is -2.33. The standard InChI is InChI=1S/C25H27N3O5/c29-19-9-5-17(6-10-19)14-25(33-32)24(31)28-15-22(18-7-11-20(30)12-8-18)26-21(23(28)27-25)13-16-3-1-2-4-16/h5-12,15-16,21,26,29-30,32H,1-4,13-14H2/t21?,25-/m0/s1. The third-order valence-electron chi connectivity index (χ3n) is 6.75. The Balaban J connectivity index is 1.51. The van der Waals surface area contributed by atoms with Gasteiger partial charge < -0.3 is 15.5 Å². The number of rotatable bonds is 6. The summed E-state index contributed by atoms with van der Waals surface area (Å²) in [5.41, 5.74) is 0.478. The number of nitrogens with one attached hydrogen (secondary N) is 1. The van der Waals surface area contributed by atoms with Crippen LogP contribution < -0.4 is 5.32 Å². The van der Waals surface area contributed by atoms with Gasteiger partial charge in [-0.3, -0.25) is 9.69 Å². The van der Waals surface area contributed by atoms with Crippen LogP contribution in [0.2, 0.25) is 0 Å². The zero-order chi connectivity index (χ0) is 23.0. The van der Waals surface area contributed by atoms with E-state index in [0.29, 0.717) is 17.3 Å². The van der Waals surface area contributed by atoms with Crippen LogP contribution in [0.25, 0.3) is 5.70 Å². The molecule has 1 amide bonds. The predicted molar refractivity (Wildman–Crippen MR) is 122 cm³/mol. The van der Waals surface area contributed by atoms with Crippen LogP contribution in [0.15, 0.2) is 59.7 Å². The molecule has 172 valence electrons. The number of amidine groups is 1. The molecule has 4 N–H and O–H groups in total. The summed E-state index contributed by atoms with van der Waals surface area (Å²) < 4.78 is 0. The quantitative estimate of drug-likeness (QED) is 0.396. The molecule has 2 aromatic rings. The van der Waals surface area contributed by atoms with Crippen molar-refractivity contribution in [1.29, 1.82) is 0 Å². The zero-order valence-corrected chi connectivity index (χ0v) is 18.1. The first kappa shape index (κ1) is 21.5. The number of aromatic hydroxyl groups is 2. The number of carbonyl (C=O) groups is 1. The minimum atomic E-state index is -1.79. The summed E-state index contributed by atoms with van der Waals surface area (Å²) in [5, 5.41) is 32.6. The Morgan fingerprint density at radius 3 is 2.30 bits per heavy atom. The highest BCUT2D eigenvalue weighted by Crippen LogP contribution is 2.36. The van der Waals surface area contributed by atoms with Crippen LogP contribution >= 0.6 is 0 Å². The summed E-state index contributed by atoms with van der Waals surface area (Å²) in [6.45, 7) is 0. The molecule has 0 aromatic heterocycles. The van der Waals surface area contributed by atoms with Gasteiger partial charge in [0.2, 0.25) is 0 Å². The lowest BCUT2D eigenvalue weighted by Crippen LogP contribution is -2.50. The van der Waals surface area contributed by atoms with Gasteiger partial charge in [0.1, 0.15) is 17.3 Å². The molecule has 2 aromatic carbocycles. The molecular formula is C25H27N3O5. The van der Waals surface area contributed by atoms with Crippen molar-refractivity contribution in [2.75, 3.05) is 0 Å². The van der Waals surface area contributed by atoms with Crippen LogP contribution in [0.4, 0.5) is 0 Å². The van der Waals surface area contributed by atoms with Crippen molar-refractivity contribution in [3.05, 3.63) is 65.9 Å². The van der Waals surface area contributed by atoms with E-state index >= 15 is 0 Å². The molecule has 5 rings (SSSR count). The Labute approximate surface area is 191 Å². The summed E-state index contributed by atoms with van der Waals surface area (Å²) in [7, 11) is 0. The summed E-state index contributed by atoms with van der Waals surface area (Å²) in [6.07, 6.45) is 7.23. The number of carbonyl (C=O) groups excluding carboxylic acids is 1. The van der Waals surface area contributed by atoms with Gasteiger partial charge in [0.15, 0.2) is 0 Å². The maximum absolute atomic E-state index is 13.5. The number of aliphatic imine (C=N–C) groups is 1. The van der Waals surface area contributed by atoms with E-state index in [4.69, 9.17) is 4.89 Å². The third-order valence-corrected chi connectivity index (χ3v) is 6.75. The van der Waals surface area contributed by atoms with E-state index in [1.54, 1.807) is 42.6 Å². The molecule has 2 aliphatic heterocycles. The van der Waals surface area contributed by atoms with Gasteiger partial charge in [0.05, 0.1) is 11.7 Å². The van der Waals surface area contributed by atoms with Crippen LogP contribution in [0.3, 0.4) is 0 Å². The molecule has 0 radical (unpaired) electrons. The minimum absolute atomic E-state index is 0.0289. The molecule has 8 nitrogen and oxygen atoms in total. The predicted octanol–water partition coefficient (Wildman–Crippen LogP) is 3.62. The average Bonchev–Trinajstić information content (AvgIpc) is 3.43. The first-order chi connectivity index (χ1) is 16.0. The molecule has 33 heavy (non-hydrogen) atoms. The second-order valence-corrected chi connectivity index (χ2v) is 9.04. The largest absolute Gasteiger partial charge is 0.508 e. The van der Waals surface area contributed by atoms with Gasteiger partial charge in [-0.1, -0.05) is 37.8 Å². The second-order valence-electron chi connectivity index (χ2n) is 9.04. The van der Waals surface area contributed by atoms with E-state index < -0.39 is 11.6 Å². The molecular weight excluding hydrogens is 422 g/mol. The van der Waals surface area contributed by atoms with Crippen molar-refractivity contribution < 1.29 is 25.2 Å². The maximum Gasteiger partial charge on any atom is 0.290 e. The minimum Gasteiger partial charge on any atom is -0.508 e. The molecule has 8 heteroatoms. The van der Waals surface area contributed by atoms with Crippen molar-refractivity contribution in [3.63, 3.8) is 0 Å². The topological polar surface area (TPSA) is 115 Å². The fourth-order valence-electron chi connectivity index (χ4n) is 5.01. The Hall–Kier alpha value is -3.36. The molecule has 0 saturated heterocycles. The highest BCUT2D eigenvalue weighted by atomic mass is 17.1. The van der Waals surface area contributed by atoms with E-state index in [0.717, 1.165) is 30.5 Å². The van der Waals surface area contributed by atoms with Crippen molar-refractivity contribution in [3.8, 4) is 11.5 Å². The smallest absolute Gasteiger partial charge is 0.290 e. The van der Waals surface area contributed by atoms with Crippen molar-refractivity contribution in [2.45, 2.75) is 50.3 Å². The first-order valence-electron chi connectivity index (χ1n) is 11.3. The Morgan fingerprint density at radius 1 is 1.03 bits per heavy atom. The monoisotopic (exact) mass is 449 g/mol. The number of nitrogens with zero attached hydrogens (tertiary/aromatic N) is 2. The second kappa shape index (κ2) is 8.53. The van der Waals surface area contributed by atoms with Crippen molar-refractivity contribution >= 4 is 17.4 Å². The van der Waals surface area contributed by atoms with Crippen LogP contribution in [0, 0.1) is 5.92 Å². The fourth-order valence-corrected chi connectivity index (χ4v) is 5.01. The summed E-state index contributed by atoms with van der Waals surface area (Å²) in [4.78, 5) is 24.4. The number of fused-ring (bicyclic) bond motifs is 1. The van der Waals surface area contributed by atoms with E-state index in [2.05, 4.69) is 10.3 Å². The Kier molecular flexibility index (Phi) is 5.55.